The molecule has 1 N–H and O–H groups in total. The maximum Gasteiger partial charge on any atom is 0.250 e. The molecule has 0 saturated carbocycles. The summed E-state index contributed by atoms with van der Waals surface area (Å²) in [5, 5.41) is 1.49. The number of anilines is 1. The van der Waals surface area contributed by atoms with Gasteiger partial charge in [-0.05, 0) is 31.9 Å². The lowest BCUT2D eigenvalue weighted by Gasteiger charge is -2.16. The molecular formula is C24H38ClNO4. The van der Waals surface area contributed by atoms with Crippen LogP contribution in [0.2, 0.25) is 0 Å². The minimum Gasteiger partial charge on any atom is -0.494 e. The zero-order chi connectivity index (χ0) is 22.2. The highest BCUT2D eigenvalue weighted by atomic mass is 35.5. The summed E-state index contributed by atoms with van der Waals surface area (Å²) >= 11 is 5.89. The van der Waals surface area contributed by atoms with Crippen molar-refractivity contribution in [3.05, 3.63) is 18.2 Å². The third kappa shape index (κ3) is 10.9. The second kappa shape index (κ2) is 16.0. The van der Waals surface area contributed by atoms with Crippen molar-refractivity contribution in [3.8, 4) is 11.5 Å². The number of hydrogen-bond donors (Lipinski definition) is 1. The fraction of sp³-hybridized carbons (Fsp3) is 0.667. The van der Waals surface area contributed by atoms with Crippen LogP contribution in [0, 0.1) is 0 Å². The van der Waals surface area contributed by atoms with E-state index in [0.717, 1.165) is 25.7 Å². The second-order valence-electron chi connectivity index (χ2n) is 7.65. The van der Waals surface area contributed by atoms with Gasteiger partial charge in [-0.25, -0.2) is 0 Å². The molecule has 170 valence electrons. The standard InChI is InChI=1S/C24H38ClNO4/c1-4-6-8-10-12-16-29-20-14-15-22(30-17-13-11-9-7-5-2)21(18-20)26-24(28)23(25)19(3)27/h14-15,18,23H,4-13,16-17H2,1-3H3,(H,26,28). The molecule has 0 bridgehead atoms. The van der Waals surface area contributed by atoms with E-state index in [2.05, 4.69) is 19.2 Å². The van der Waals surface area contributed by atoms with Gasteiger partial charge in [-0.3, -0.25) is 9.59 Å². The molecule has 0 heterocycles. The number of alkyl halides is 1. The van der Waals surface area contributed by atoms with E-state index in [1.165, 1.54) is 45.4 Å². The molecule has 0 aliphatic rings. The highest BCUT2D eigenvalue weighted by Gasteiger charge is 2.21. The number of amides is 1. The predicted molar refractivity (Wildman–Crippen MR) is 124 cm³/mol. The molecule has 1 aromatic rings. The Morgan fingerprint density at radius 3 is 2.03 bits per heavy atom. The SMILES string of the molecule is CCCCCCCOc1ccc(OCCCCCCC)c(NC(=O)C(Cl)C(C)=O)c1. The summed E-state index contributed by atoms with van der Waals surface area (Å²) in [5.74, 6) is 0.257. The summed E-state index contributed by atoms with van der Waals surface area (Å²) in [6.07, 6.45) is 11.5. The first kappa shape index (κ1) is 26.3. The quantitative estimate of drug-likeness (QED) is 0.170. The van der Waals surface area contributed by atoms with Gasteiger partial charge in [-0.1, -0.05) is 65.2 Å². The Bertz CT molecular complexity index is 636. The van der Waals surface area contributed by atoms with E-state index in [4.69, 9.17) is 21.1 Å². The Labute approximate surface area is 186 Å². The number of unbranched alkanes of at least 4 members (excludes halogenated alkanes) is 8. The van der Waals surface area contributed by atoms with Crippen molar-refractivity contribution in [1.29, 1.82) is 0 Å². The Morgan fingerprint density at radius 1 is 0.900 bits per heavy atom. The van der Waals surface area contributed by atoms with Crippen molar-refractivity contribution in [3.63, 3.8) is 0 Å². The van der Waals surface area contributed by atoms with Crippen LogP contribution < -0.4 is 14.8 Å². The number of benzene rings is 1. The number of carbonyl (C=O) groups excluding carboxylic acids is 2. The number of ether oxygens (including phenoxy) is 2. The maximum atomic E-state index is 12.3. The third-order valence-corrected chi connectivity index (χ3v) is 5.32. The molecule has 1 rings (SSSR count). The summed E-state index contributed by atoms with van der Waals surface area (Å²) in [4.78, 5) is 23.7. The monoisotopic (exact) mass is 439 g/mol. The number of carbonyl (C=O) groups is 2. The van der Waals surface area contributed by atoms with Crippen molar-refractivity contribution in [1.82, 2.24) is 0 Å². The van der Waals surface area contributed by atoms with Crippen LogP contribution in [0.4, 0.5) is 5.69 Å². The molecule has 5 nitrogen and oxygen atoms in total. The van der Waals surface area contributed by atoms with Gasteiger partial charge in [-0.15, -0.1) is 11.6 Å². The van der Waals surface area contributed by atoms with Gasteiger partial charge in [-0.2, -0.15) is 0 Å². The van der Waals surface area contributed by atoms with Gasteiger partial charge >= 0.3 is 0 Å². The van der Waals surface area contributed by atoms with Gasteiger partial charge in [0.25, 0.3) is 0 Å². The van der Waals surface area contributed by atoms with E-state index in [0.29, 0.717) is 30.4 Å². The maximum absolute atomic E-state index is 12.3. The highest BCUT2D eigenvalue weighted by molar-refractivity contribution is 6.43. The lowest BCUT2D eigenvalue weighted by atomic mass is 10.2. The summed E-state index contributed by atoms with van der Waals surface area (Å²) in [6, 6.07) is 5.38. The molecule has 1 aromatic carbocycles. The smallest absolute Gasteiger partial charge is 0.250 e. The van der Waals surface area contributed by atoms with Crippen LogP contribution in [0.3, 0.4) is 0 Å². The van der Waals surface area contributed by atoms with E-state index in [-0.39, 0.29) is 0 Å². The molecule has 0 spiro atoms. The average molecular weight is 440 g/mol. The Balaban J connectivity index is 2.69. The molecule has 1 amide bonds. The van der Waals surface area contributed by atoms with Gasteiger partial charge in [0, 0.05) is 6.07 Å². The van der Waals surface area contributed by atoms with Crippen LogP contribution in [0.5, 0.6) is 11.5 Å². The minimum absolute atomic E-state index is 0.396. The fourth-order valence-corrected chi connectivity index (χ4v) is 3.04. The zero-order valence-electron chi connectivity index (χ0n) is 18.8. The largest absolute Gasteiger partial charge is 0.494 e. The molecule has 1 unspecified atom stereocenters. The molecule has 0 radical (unpaired) electrons. The van der Waals surface area contributed by atoms with E-state index in [1.54, 1.807) is 12.1 Å². The highest BCUT2D eigenvalue weighted by Crippen LogP contribution is 2.30. The van der Waals surface area contributed by atoms with Crippen molar-refractivity contribution >= 4 is 29.0 Å². The first-order valence-corrected chi connectivity index (χ1v) is 11.8. The Hall–Kier alpha value is -1.75. The number of rotatable bonds is 17. The van der Waals surface area contributed by atoms with Crippen LogP contribution >= 0.6 is 11.6 Å². The molecule has 0 aliphatic carbocycles. The third-order valence-electron chi connectivity index (χ3n) is 4.82. The Morgan fingerprint density at radius 2 is 1.47 bits per heavy atom. The predicted octanol–water partition coefficient (Wildman–Crippen LogP) is 6.52. The number of hydrogen-bond acceptors (Lipinski definition) is 4. The molecule has 0 aliphatic heterocycles. The lowest BCUT2D eigenvalue weighted by Crippen LogP contribution is -2.29. The first-order valence-electron chi connectivity index (χ1n) is 11.3. The normalized spacial score (nSPS) is 11.7. The average Bonchev–Trinajstić information content (AvgIpc) is 2.73. The summed E-state index contributed by atoms with van der Waals surface area (Å²) in [5.41, 5.74) is 0.476. The van der Waals surface area contributed by atoms with Crippen LogP contribution in [-0.4, -0.2) is 30.3 Å². The van der Waals surface area contributed by atoms with E-state index < -0.39 is 17.1 Å². The summed E-state index contributed by atoms with van der Waals surface area (Å²) in [6.45, 7) is 6.87. The number of halogens is 1. The van der Waals surface area contributed by atoms with Crippen LogP contribution in [0.15, 0.2) is 18.2 Å². The molecular weight excluding hydrogens is 402 g/mol. The van der Waals surface area contributed by atoms with Crippen molar-refractivity contribution in [2.75, 3.05) is 18.5 Å². The van der Waals surface area contributed by atoms with Gasteiger partial charge in [0.2, 0.25) is 5.91 Å². The van der Waals surface area contributed by atoms with Crippen LogP contribution in [0.1, 0.15) is 85.0 Å². The fourth-order valence-electron chi connectivity index (χ4n) is 2.99. The minimum atomic E-state index is -1.23. The number of nitrogens with one attached hydrogen (secondary N) is 1. The van der Waals surface area contributed by atoms with Crippen LogP contribution in [0.25, 0.3) is 0 Å². The molecule has 1 atom stereocenters. The molecule has 0 fully saturated rings. The van der Waals surface area contributed by atoms with Crippen molar-refractivity contribution < 1.29 is 19.1 Å². The Kier molecular flexibility index (Phi) is 14.0. The van der Waals surface area contributed by atoms with Crippen molar-refractivity contribution in [2.24, 2.45) is 0 Å². The molecule has 0 aromatic heterocycles. The van der Waals surface area contributed by atoms with E-state index in [1.807, 2.05) is 6.07 Å². The molecule has 6 heteroatoms. The van der Waals surface area contributed by atoms with E-state index >= 15 is 0 Å². The molecule has 30 heavy (non-hydrogen) atoms. The van der Waals surface area contributed by atoms with Crippen molar-refractivity contribution in [2.45, 2.75) is 90.4 Å². The van der Waals surface area contributed by atoms with Gasteiger partial charge in [0.05, 0.1) is 18.9 Å². The van der Waals surface area contributed by atoms with E-state index in [9.17, 15) is 9.59 Å². The summed E-state index contributed by atoms with van der Waals surface area (Å²) in [7, 11) is 0. The van der Waals surface area contributed by atoms with Gasteiger partial charge in [0.1, 0.15) is 11.5 Å². The first-order chi connectivity index (χ1) is 14.5. The summed E-state index contributed by atoms with van der Waals surface area (Å²) < 4.78 is 11.7. The second-order valence-corrected chi connectivity index (χ2v) is 8.08. The molecule has 0 saturated heterocycles. The number of ketones is 1. The van der Waals surface area contributed by atoms with Gasteiger partial charge < -0.3 is 14.8 Å². The van der Waals surface area contributed by atoms with Gasteiger partial charge in [0.15, 0.2) is 11.2 Å². The van der Waals surface area contributed by atoms with Crippen LogP contribution in [-0.2, 0) is 9.59 Å². The number of Topliss-reactive ketones (excluding diaryl/α,β-unsaturated/α-hetero) is 1. The topological polar surface area (TPSA) is 64.6 Å². The zero-order valence-corrected chi connectivity index (χ0v) is 19.6. The lowest BCUT2D eigenvalue weighted by molar-refractivity contribution is -0.123.